The third-order valence-corrected chi connectivity index (χ3v) is 4.58. The van der Waals surface area contributed by atoms with Crippen LogP contribution in [0.1, 0.15) is 69.8 Å². The summed E-state index contributed by atoms with van der Waals surface area (Å²) in [4.78, 5) is 12.7. The van der Waals surface area contributed by atoms with Crippen LogP contribution in [0.4, 0.5) is 0 Å². The molecule has 2 rings (SSSR count). The van der Waals surface area contributed by atoms with Crippen LogP contribution in [0.3, 0.4) is 0 Å². The van der Waals surface area contributed by atoms with Crippen LogP contribution in [0.25, 0.3) is 0 Å². The highest BCUT2D eigenvalue weighted by Gasteiger charge is 2.29. The third kappa shape index (κ3) is 3.50. The number of carbonyl (C=O) groups is 1. The third-order valence-electron chi connectivity index (χ3n) is 4.58. The Morgan fingerprint density at radius 1 is 0.950 bits per heavy atom. The van der Waals surface area contributed by atoms with Gasteiger partial charge in [0.2, 0.25) is 0 Å². The van der Waals surface area contributed by atoms with Crippen LogP contribution in [-0.4, -0.2) is 5.78 Å². The van der Waals surface area contributed by atoms with Gasteiger partial charge in [-0.25, -0.2) is 0 Å². The van der Waals surface area contributed by atoms with E-state index < -0.39 is 0 Å². The summed E-state index contributed by atoms with van der Waals surface area (Å²) >= 11 is 0. The molecule has 0 aromatic heterocycles. The lowest BCUT2D eigenvalue weighted by atomic mass is 9.74. The number of carbonyl (C=O) groups excluding carboxylic acids is 1. The monoisotopic (exact) mass is 272 g/mol. The van der Waals surface area contributed by atoms with Crippen molar-refractivity contribution < 1.29 is 4.79 Å². The maximum atomic E-state index is 12.7. The predicted molar refractivity (Wildman–Crippen MR) is 85.1 cm³/mol. The highest BCUT2D eigenvalue weighted by molar-refractivity contribution is 5.97. The topological polar surface area (TPSA) is 17.1 Å². The molecule has 1 aromatic carbocycles. The molecule has 0 saturated heterocycles. The van der Waals surface area contributed by atoms with Crippen molar-refractivity contribution in [2.45, 2.75) is 59.3 Å². The number of Topliss-reactive ketones (excluding diaryl/α,β-unsaturated/α-hetero) is 1. The zero-order valence-corrected chi connectivity index (χ0v) is 13.6. The average Bonchev–Trinajstić information content (AvgIpc) is 2.36. The second-order valence-corrected chi connectivity index (χ2v) is 7.81. The lowest BCUT2D eigenvalue weighted by Crippen LogP contribution is -2.26. The molecule has 1 fully saturated rings. The molecule has 2 atom stereocenters. The minimum absolute atomic E-state index is 0.148. The second-order valence-electron chi connectivity index (χ2n) is 7.81. The van der Waals surface area contributed by atoms with Gasteiger partial charge in [0.15, 0.2) is 5.78 Å². The summed E-state index contributed by atoms with van der Waals surface area (Å²) in [7, 11) is 0. The van der Waals surface area contributed by atoms with E-state index in [2.05, 4.69) is 46.8 Å². The molecule has 0 amide bonds. The van der Waals surface area contributed by atoms with Crippen molar-refractivity contribution in [3.8, 4) is 0 Å². The molecule has 1 saturated carbocycles. The Hall–Kier alpha value is -1.11. The molecule has 1 nitrogen and oxygen atoms in total. The van der Waals surface area contributed by atoms with Crippen molar-refractivity contribution in [2.75, 3.05) is 0 Å². The Morgan fingerprint density at radius 3 is 1.90 bits per heavy atom. The van der Waals surface area contributed by atoms with Gasteiger partial charge in [0.05, 0.1) is 0 Å². The van der Waals surface area contributed by atoms with Crippen LogP contribution >= 0.6 is 0 Å². The number of hydrogen-bond acceptors (Lipinski definition) is 1. The Labute approximate surface area is 123 Å². The van der Waals surface area contributed by atoms with Crippen LogP contribution in [0.15, 0.2) is 24.3 Å². The van der Waals surface area contributed by atoms with E-state index in [0.29, 0.717) is 17.6 Å². The first-order valence-corrected chi connectivity index (χ1v) is 7.92. The lowest BCUT2D eigenvalue weighted by molar-refractivity contribution is 0.0836. The van der Waals surface area contributed by atoms with E-state index in [1.165, 1.54) is 12.0 Å². The van der Waals surface area contributed by atoms with Gasteiger partial charge in [-0.05, 0) is 42.1 Å². The van der Waals surface area contributed by atoms with Gasteiger partial charge < -0.3 is 0 Å². The molecule has 1 heteroatoms. The van der Waals surface area contributed by atoms with E-state index >= 15 is 0 Å². The minimum Gasteiger partial charge on any atom is -0.294 e. The van der Waals surface area contributed by atoms with Crippen molar-refractivity contribution in [2.24, 2.45) is 17.8 Å². The zero-order valence-electron chi connectivity index (χ0n) is 13.6. The highest BCUT2D eigenvalue weighted by atomic mass is 16.1. The highest BCUT2D eigenvalue weighted by Crippen LogP contribution is 2.35. The van der Waals surface area contributed by atoms with E-state index in [9.17, 15) is 4.79 Å². The maximum absolute atomic E-state index is 12.7. The van der Waals surface area contributed by atoms with Crippen LogP contribution in [0.5, 0.6) is 0 Å². The minimum atomic E-state index is 0.148. The summed E-state index contributed by atoms with van der Waals surface area (Å²) in [5, 5.41) is 0. The fraction of sp³-hybridized carbons (Fsp3) is 0.632. The molecule has 0 heterocycles. The number of rotatable bonds is 2. The first kappa shape index (κ1) is 15.3. The zero-order chi connectivity index (χ0) is 14.9. The fourth-order valence-electron chi connectivity index (χ4n) is 3.53. The van der Waals surface area contributed by atoms with Crippen molar-refractivity contribution in [1.82, 2.24) is 0 Å². The summed E-state index contributed by atoms with van der Waals surface area (Å²) in [5.41, 5.74) is 2.33. The van der Waals surface area contributed by atoms with Gasteiger partial charge in [-0.3, -0.25) is 4.79 Å². The van der Waals surface area contributed by atoms with E-state index in [1.54, 1.807) is 0 Å². The molecule has 0 radical (unpaired) electrons. The molecule has 0 spiro atoms. The molecule has 20 heavy (non-hydrogen) atoms. The molecular formula is C19H28O. The molecule has 1 aliphatic rings. The number of ketones is 1. The Kier molecular flexibility index (Phi) is 4.36. The van der Waals surface area contributed by atoms with Crippen LogP contribution in [-0.2, 0) is 5.41 Å². The molecule has 2 unspecified atom stereocenters. The Morgan fingerprint density at radius 2 is 1.45 bits per heavy atom. The molecule has 0 N–H and O–H groups in total. The molecular weight excluding hydrogens is 244 g/mol. The summed E-state index contributed by atoms with van der Waals surface area (Å²) in [5.74, 6) is 1.95. The lowest BCUT2D eigenvalue weighted by Gasteiger charge is -2.30. The first-order valence-electron chi connectivity index (χ1n) is 7.92. The van der Waals surface area contributed by atoms with Crippen molar-refractivity contribution in [3.05, 3.63) is 35.4 Å². The largest absolute Gasteiger partial charge is 0.294 e. The van der Waals surface area contributed by atoms with Crippen molar-refractivity contribution >= 4 is 5.78 Å². The van der Waals surface area contributed by atoms with Gasteiger partial charge in [0, 0.05) is 11.5 Å². The Bertz CT molecular complexity index is 454. The normalized spacial score (nSPS) is 27.4. The van der Waals surface area contributed by atoms with Crippen LogP contribution in [0, 0.1) is 17.8 Å². The quantitative estimate of drug-likeness (QED) is 0.673. The van der Waals surface area contributed by atoms with Crippen molar-refractivity contribution in [1.29, 1.82) is 0 Å². The molecule has 1 aromatic rings. The van der Waals surface area contributed by atoms with E-state index in [-0.39, 0.29) is 11.3 Å². The molecule has 1 aliphatic carbocycles. The average molecular weight is 272 g/mol. The molecule has 110 valence electrons. The van der Waals surface area contributed by atoms with E-state index in [1.807, 2.05) is 12.1 Å². The summed E-state index contributed by atoms with van der Waals surface area (Å²) in [6.07, 6.45) is 3.39. The van der Waals surface area contributed by atoms with E-state index in [0.717, 1.165) is 18.4 Å². The van der Waals surface area contributed by atoms with Gasteiger partial charge in [-0.2, -0.15) is 0 Å². The summed E-state index contributed by atoms with van der Waals surface area (Å²) < 4.78 is 0. The summed E-state index contributed by atoms with van der Waals surface area (Å²) in [6.45, 7) is 11.2. The molecule has 0 bridgehead atoms. The van der Waals surface area contributed by atoms with Gasteiger partial charge in [-0.1, -0.05) is 58.9 Å². The Balaban J connectivity index is 2.13. The standard InChI is InChI=1S/C19H28O/c1-13-10-14(2)12-16(11-13)18(20)15-6-8-17(9-7-15)19(3,4)5/h6-9,13-14,16H,10-12H2,1-5H3. The van der Waals surface area contributed by atoms with Crippen LogP contribution in [0.2, 0.25) is 0 Å². The van der Waals surface area contributed by atoms with Gasteiger partial charge >= 0.3 is 0 Å². The SMILES string of the molecule is CC1CC(C)CC(C(=O)c2ccc(C(C)(C)C)cc2)C1. The van der Waals surface area contributed by atoms with Gasteiger partial charge in [-0.15, -0.1) is 0 Å². The van der Waals surface area contributed by atoms with Crippen molar-refractivity contribution in [3.63, 3.8) is 0 Å². The summed E-state index contributed by atoms with van der Waals surface area (Å²) in [6, 6.07) is 8.27. The van der Waals surface area contributed by atoms with Crippen LogP contribution < -0.4 is 0 Å². The number of benzene rings is 1. The predicted octanol–water partition coefficient (Wildman–Crippen LogP) is 5.24. The maximum Gasteiger partial charge on any atom is 0.165 e. The van der Waals surface area contributed by atoms with Gasteiger partial charge in [0.25, 0.3) is 0 Å². The fourth-order valence-corrected chi connectivity index (χ4v) is 3.53. The molecule has 0 aliphatic heterocycles. The second kappa shape index (κ2) is 5.71. The number of hydrogen-bond donors (Lipinski definition) is 0. The first-order chi connectivity index (χ1) is 9.27. The smallest absolute Gasteiger partial charge is 0.165 e. The van der Waals surface area contributed by atoms with E-state index in [4.69, 9.17) is 0 Å². The van der Waals surface area contributed by atoms with Gasteiger partial charge in [0.1, 0.15) is 0 Å².